The molecule has 2 heteroatoms. The number of fused-ring (bicyclic) bond motifs is 1. The van der Waals surface area contributed by atoms with Gasteiger partial charge in [0.2, 0.25) is 0 Å². The molecule has 1 aliphatic rings. The van der Waals surface area contributed by atoms with Crippen LogP contribution in [0.25, 0.3) is 5.70 Å². The highest BCUT2D eigenvalue weighted by molar-refractivity contribution is 5.88. The van der Waals surface area contributed by atoms with E-state index in [1.165, 1.54) is 5.56 Å². The molecule has 0 amide bonds. The maximum Gasteiger partial charge on any atom is 0.151 e. The van der Waals surface area contributed by atoms with Crippen molar-refractivity contribution < 1.29 is 4.79 Å². The third kappa shape index (κ3) is 1.25. The van der Waals surface area contributed by atoms with E-state index in [1.807, 2.05) is 36.1 Å². The Balaban J connectivity index is 2.58. The summed E-state index contributed by atoms with van der Waals surface area (Å²) < 4.78 is 0. The van der Waals surface area contributed by atoms with Gasteiger partial charge >= 0.3 is 0 Å². The van der Waals surface area contributed by atoms with Gasteiger partial charge in [-0.05, 0) is 12.0 Å². The lowest BCUT2D eigenvalue weighted by atomic mass is 9.98. The minimum atomic E-state index is 0.682. The number of hydrogen-bond donors (Lipinski definition) is 0. The van der Waals surface area contributed by atoms with E-state index in [9.17, 15) is 4.79 Å². The van der Waals surface area contributed by atoms with Crippen LogP contribution in [-0.2, 0) is 11.2 Å². The zero-order chi connectivity index (χ0) is 9.26. The number of carbonyl (C=O) groups excluding carboxylic acids is 1. The Morgan fingerprint density at radius 1 is 1.38 bits per heavy atom. The molecule has 0 saturated heterocycles. The monoisotopic (exact) mass is 173 g/mol. The quantitative estimate of drug-likeness (QED) is 0.552. The van der Waals surface area contributed by atoms with E-state index in [4.69, 9.17) is 0 Å². The number of hydrogen-bond acceptors (Lipinski definition) is 2. The highest BCUT2D eigenvalue weighted by atomic mass is 16.1. The SMILES string of the molecule is CN1CCc2ccccc2C1=C=O. The summed E-state index contributed by atoms with van der Waals surface area (Å²) in [5.41, 5.74) is 2.96. The molecule has 0 aliphatic carbocycles. The summed E-state index contributed by atoms with van der Waals surface area (Å²) in [5, 5.41) is 0. The first-order valence-corrected chi connectivity index (χ1v) is 4.37. The molecule has 1 aliphatic heterocycles. The molecule has 0 aromatic heterocycles. The third-order valence-electron chi connectivity index (χ3n) is 2.47. The van der Waals surface area contributed by atoms with Crippen LogP contribution >= 0.6 is 0 Å². The summed E-state index contributed by atoms with van der Waals surface area (Å²) >= 11 is 0. The molecule has 0 atom stereocenters. The second-order valence-corrected chi connectivity index (χ2v) is 3.28. The van der Waals surface area contributed by atoms with Crippen LogP contribution in [-0.4, -0.2) is 24.4 Å². The van der Waals surface area contributed by atoms with Gasteiger partial charge in [0.05, 0.1) is 0 Å². The topological polar surface area (TPSA) is 20.3 Å². The summed E-state index contributed by atoms with van der Waals surface area (Å²) in [6.07, 6.45) is 1.01. The minimum Gasteiger partial charge on any atom is -0.365 e. The molecule has 0 radical (unpaired) electrons. The molecule has 13 heavy (non-hydrogen) atoms. The standard InChI is InChI=1S/C11H11NO/c1-12-7-6-9-4-2-3-5-10(9)11(12)8-13/h2-5H,6-7H2,1H3. The van der Waals surface area contributed by atoms with Crippen LogP contribution in [0.1, 0.15) is 11.1 Å². The molecule has 2 rings (SSSR count). The third-order valence-corrected chi connectivity index (χ3v) is 2.47. The Kier molecular flexibility index (Phi) is 1.91. The second kappa shape index (κ2) is 3.08. The van der Waals surface area contributed by atoms with Crippen molar-refractivity contribution in [3.8, 4) is 0 Å². The van der Waals surface area contributed by atoms with Crippen LogP contribution in [0.15, 0.2) is 24.3 Å². The maximum absolute atomic E-state index is 10.7. The fraction of sp³-hybridized carbons (Fsp3) is 0.273. The van der Waals surface area contributed by atoms with Crippen LogP contribution in [0.5, 0.6) is 0 Å². The van der Waals surface area contributed by atoms with E-state index in [-0.39, 0.29) is 0 Å². The van der Waals surface area contributed by atoms with Crippen molar-refractivity contribution in [3.63, 3.8) is 0 Å². The molecule has 0 fully saturated rings. The van der Waals surface area contributed by atoms with E-state index in [2.05, 4.69) is 6.07 Å². The van der Waals surface area contributed by atoms with Gasteiger partial charge in [-0.2, -0.15) is 0 Å². The number of likely N-dealkylation sites (N-methyl/N-ethyl adjacent to an activating group) is 1. The smallest absolute Gasteiger partial charge is 0.151 e. The summed E-state index contributed by atoms with van der Waals surface area (Å²) in [6.45, 7) is 0.904. The molecule has 2 nitrogen and oxygen atoms in total. The van der Waals surface area contributed by atoms with E-state index < -0.39 is 0 Å². The zero-order valence-electron chi connectivity index (χ0n) is 7.58. The van der Waals surface area contributed by atoms with E-state index in [1.54, 1.807) is 0 Å². The number of rotatable bonds is 0. The Labute approximate surface area is 77.5 Å². The predicted octanol–water partition coefficient (Wildman–Crippen LogP) is 1.35. The molecule has 0 spiro atoms. The van der Waals surface area contributed by atoms with Crippen molar-refractivity contribution in [2.75, 3.05) is 13.6 Å². The molecule has 0 unspecified atom stereocenters. The van der Waals surface area contributed by atoms with Crippen molar-refractivity contribution >= 4 is 11.6 Å². The van der Waals surface area contributed by atoms with Crippen LogP contribution < -0.4 is 0 Å². The number of benzene rings is 1. The highest BCUT2D eigenvalue weighted by Gasteiger charge is 2.17. The van der Waals surface area contributed by atoms with Gasteiger partial charge in [0.1, 0.15) is 5.70 Å². The van der Waals surface area contributed by atoms with Gasteiger partial charge in [0, 0.05) is 19.2 Å². The van der Waals surface area contributed by atoms with Crippen LogP contribution in [0.3, 0.4) is 0 Å². The van der Waals surface area contributed by atoms with Gasteiger partial charge < -0.3 is 4.90 Å². The van der Waals surface area contributed by atoms with E-state index in [0.29, 0.717) is 5.70 Å². The molecular formula is C11H11NO. The Bertz CT molecular complexity index is 377. The maximum atomic E-state index is 10.7. The van der Waals surface area contributed by atoms with Crippen LogP contribution in [0, 0.1) is 0 Å². The zero-order valence-corrected chi connectivity index (χ0v) is 7.58. The van der Waals surface area contributed by atoms with Crippen molar-refractivity contribution in [3.05, 3.63) is 35.4 Å². The summed E-state index contributed by atoms with van der Waals surface area (Å²) in [5.74, 6) is 2.00. The first-order chi connectivity index (χ1) is 6.33. The van der Waals surface area contributed by atoms with Crippen molar-refractivity contribution in [1.29, 1.82) is 0 Å². The predicted molar refractivity (Wildman–Crippen MR) is 51.9 cm³/mol. The van der Waals surface area contributed by atoms with Crippen molar-refractivity contribution in [2.45, 2.75) is 6.42 Å². The fourth-order valence-electron chi connectivity index (χ4n) is 1.71. The first kappa shape index (κ1) is 8.09. The van der Waals surface area contributed by atoms with Gasteiger partial charge in [-0.3, -0.25) is 0 Å². The molecule has 0 saturated carbocycles. The lowest BCUT2D eigenvalue weighted by Crippen LogP contribution is -2.25. The molecule has 1 aromatic carbocycles. The van der Waals surface area contributed by atoms with Gasteiger partial charge in [-0.15, -0.1) is 0 Å². The van der Waals surface area contributed by atoms with Crippen LogP contribution in [0.2, 0.25) is 0 Å². The second-order valence-electron chi connectivity index (χ2n) is 3.28. The summed E-state index contributed by atoms with van der Waals surface area (Å²) in [4.78, 5) is 12.7. The van der Waals surface area contributed by atoms with Crippen molar-refractivity contribution in [2.24, 2.45) is 0 Å². The minimum absolute atomic E-state index is 0.682. The lowest BCUT2D eigenvalue weighted by molar-refractivity contribution is 0.467. The summed E-state index contributed by atoms with van der Waals surface area (Å²) in [6, 6.07) is 8.01. The van der Waals surface area contributed by atoms with Gasteiger partial charge in [-0.25, -0.2) is 4.79 Å². The Morgan fingerprint density at radius 3 is 2.92 bits per heavy atom. The normalized spacial score (nSPS) is 15.2. The molecular weight excluding hydrogens is 162 g/mol. The molecule has 1 aromatic rings. The number of nitrogens with zero attached hydrogens (tertiary/aromatic N) is 1. The largest absolute Gasteiger partial charge is 0.365 e. The lowest BCUT2D eigenvalue weighted by Gasteiger charge is -2.26. The van der Waals surface area contributed by atoms with Gasteiger partial charge in [0.15, 0.2) is 5.94 Å². The Hall–Kier alpha value is -1.53. The molecule has 0 N–H and O–H groups in total. The van der Waals surface area contributed by atoms with Gasteiger partial charge in [0.25, 0.3) is 0 Å². The van der Waals surface area contributed by atoms with E-state index in [0.717, 1.165) is 18.5 Å². The summed E-state index contributed by atoms with van der Waals surface area (Å²) in [7, 11) is 1.93. The fourth-order valence-corrected chi connectivity index (χ4v) is 1.71. The Morgan fingerprint density at radius 2 is 2.15 bits per heavy atom. The van der Waals surface area contributed by atoms with Crippen LogP contribution in [0.4, 0.5) is 0 Å². The van der Waals surface area contributed by atoms with Gasteiger partial charge in [-0.1, -0.05) is 24.3 Å². The van der Waals surface area contributed by atoms with Crippen molar-refractivity contribution in [1.82, 2.24) is 4.90 Å². The average Bonchev–Trinajstić information content (AvgIpc) is 2.18. The average molecular weight is 173 g/mol. The molecule has 66 valence electrons. The first-order valence-electron chi connectivity index (χ1n) is 4.37. The van der Waals surface area contributed by atoms with E-state index >= 15 is 0 Å². The highest BCUT2D eigenvalue weighted by Crippen LogP contribution is 2.24. The molecule has 1 heterocycles. The molecule has 0 bridgehead atoms.